The topological polar surface area (TPSA) is 196 Å². The molecule has 0 aromatic heterocycles. The zero-order valence-corrected chi connectivity index (χ0v) is 18.4. The Morgan fingerprint density at radius 2 is 1.69 bits per heavy atom. The lowest BCUT2D eigenvalue weighted by Gasteiger charge is -2.40. The van der Waals surface area contributed by atoms with Gasteiger partial charge in [0.25, 0.3) is 0 Å². The second kappa shape index (κ2) is 12.0. The molecule has 32 heavy (non-hydrogen) atoms. The van der Waals surface area contributed by atoms with Gasteiger partial charge in [0.2, 0.25) is 0 Å². The first kappa shape index (κ1) is 27.3. The summed E-state index contributed by atoms with van der Waals surface area (Å²) in [5, 5.41) is 69.2. The van der Waals surface area contributed by atoms with Crippen molar-refractivity contribution in [3.63, 3.8) is 0 Å². The van der Waals surface area contributed by atoms with Crippen LogP contribution < -0.4 is 0 Å². The van der Waals surface area contributed by atoms with Crippen molar-refractivity contribution in [2.45, 2.75) is 108 Å². The molecule has 0 aliphatic carbocycles. The summed E-state index contributed by atoms with van der Waals surface area (Å²) in [6.45, 7) is 4.66. The predicted molar refractivity (Wildman–Crippen MR) is 106 cm³/mol. The van der Waals surface area contributed by atoms with E-state index in [4.69, 9.17) is 24.1 Å². The Labute approximate surface area is 186 Å². The molecule has 0 saturated carbocycles. The first-order chi connectivity index (χ1) is 15.0. The van der Waals surface area contributed by atoms with Crippen molar-refractivity contribution in [1.82, 2.24) is 0 Å². The summed E-state index contributed by atoms with van der Waals surface area (Å²) in [6, 6.07) is 0. The fourth-order valence-corrected chi connectivity index (χ4v) is 3.80. The molecule has 2 aliphatic rings. The summed E-state index contributed by atoms with van der Waals surface area (Å²) in [5.74, 6) is -1.28. The number of carbonyl (C=O) groups is 1. The number of aliphatic hydroxyl groups excluding tert-OH is 6. The largest absolute Gasteiger partial charge is 0.481 e. The molecule has 3 unspecified atom stereocenters. The Kier molecular flexibility index (Phi) is 10.2. The van der Waals surface area contributed by atoms with E-state index in [0.717, 1.165) is 0 Å². The van der Waals surface area contributed by atoms with E-state index in [2.05, 4.69) is 0 Å². The van der Waals surface area contributed by atoms with E-state index in [0.29, 0.717) is 6.42 Å². The molecule has 2 heterocycles. The van der Waals surface area contributed by atoms with Gasteiger partial charge in [-0.3, -0.25) is 4.79 Å². The maximum atomic E-state index is 10.9. The van der Waals surface area contributed by atoms with E-state index in [1.165, 1.54) is 6.92 Å². The average Bonchev–Trinajstić information content (AvgIpc) is 3.03. The highest BCUT2D eigenvalue weighted by Gasteiger charge is 2.51. The Hall–Kier alpha value is -0.930. The first-order valence-corrected chi connectivity index (χ1v) is 10.8. The number of carboxylic acids is 1. The second-order valence-electron chi connectivity index (χ2n) is 8.55. The van der Waals surface area contributed by atoms with Crippen LogP contribution in [0.25, 0.3) is 0 Å². The van der Waals surface area contributed by atoms with Crippen LogP contribution in [0.3, 0.4) is 0 Å². The Morgan fingerprint density at radius 1 is 1.03 bits per heavy atom. The van der Waals surface area contributed by atoms with Crippen LogP contribution in [0.4, 0.5) is 0 Å². The Morgan fingerprint density at radius 3 is 2.25 bits per heavy atom. The average molecular weight is 468 g/mol. The summed E-state index contributed by atoms with van der Waals surface area (Å²) < 4.78 is 22.6. The van der Waals surface area contributed by atoms with Gasteiger partial charge in [-0.1, -0.05) is 20.3 Å². The summed E-state index contributed by atoms with van der Waals surface area (Å²) in [4.78, 5) is 10.9. The van der Waals surface area contributed by atoms with Crippen LogP contribution in [-0.2, 0) is 23.7 Å². The highest BCUT2D eigenvalue weighted by molar-refractivity contribution is 5.67. The molecule has 0 aromatic carbocycles. The molecule has 12 heteroatoms. The van der Waals surface area contributed by atoms with Crippen LogP contribution in [0.5, 0.6) is 0 Å². The van der Waals surface area contributed by atoms with Crippen molar-refractivity contribution in [2.75, 3.05) is 6.61 Å². The third-order valence-corrected chi connectivity index (χ3v) is 6.08. The molecule has 2 saturated heterocycles. The van der Waals surface area contributed by atoms with E-state index >= 15 is 0 Å². The van der Waals surface area contributed by atoms with Gasteiger partial charge in [-0.05, 0) is 12.8 Å². The van der Waals surface area contributed by atoms with E-state index in [-0.39, 0.29) is 12.3 Å². The van der Waals surface area contributed by atoms with Crippen LogP contribution in [0.2, 0.25) is 0 Å². The highest BCUT2D eigenvalue weighted by atomic mass is 16.8. The van der Waals surface area contributed by atoms with Gasteiger partial charge in [0.05, 0.1) is 31.3 Å². The summed E-state index contributed by atoms with van der Waals surface area (Å²) in [7, 11) is 0. The molecular weight excluding hydrogens is 432 g/mol. The Balaban J connectivity index is 2.16. The minimum atomic E-state index is -1.62. The molecule has 2 aliphatic heterocycles. The van der Waals surface area contributed by atoms with Gasteiger partial charge in [-0.15, -0.1) is 0 Å². The molecule has 2 rings (SSSR count). The standard InChI is InChI=1S/C20H36O12/c1-4-8(2)11(5-10(22)6-13(23)24)30-20-18(15(26)12(7-21)31-20)32-19-17(28)16(27)14(25)9(3)29-19/h8-12,14-22,25-28H,4-7H2,1-3H3,(H,23,24)/t8?,9-,10?,11?,12-,14-,15-,16+,17+,18+,19-,20+/m0/s1. The molecule has 0 spiro atoms. The summed E-state index contributed by atoms with van der Waals surface area (Å²) in [5.41, 5.74) is 0. The second-order valence-corrected chi connectivity index (χ2v) is 8.55. The maximum absolute atomic E-state index is 10.9. The fraction of sp³-hybridized carbons (Fsp3) is 0.950. The summed E-state index contributed by atoms with van der Waals surface area (Å²) in [6.07, 6.45) is -13.4. The van der Waals surface area contributed by atoms with E-state index in [1.54, 1.807) is 0 Å². The minimum Gasteiger partial charge on any atom is -0.481 e. The third-order valence-electron chi connectivity index (χ3n) is 6.08. The van der Waals surface area contributed by atoms with Crippen LogP contribution in [0.1, 0.15) is 40.0 Å². The number of ether oxygens (including phenoxy) is 4. The molecule has 0 aromatic rings. The number of hydrogen-bond acceptors (Lipinski definition) is 11. The molecule has 2 fully saturated rings. The molecule has 0 amide bonds. The lowest BCUT2D eigenvalue weighted by atomic mass is 9.95. The SMILES string of the molecule is CCC(C)C(CC(O)CC(=O)O)O[C@@H]1O[C@@H](CO)[C@H](O)[C@H]1O[C@@H]1O[C@@H](C)[C@H](O)[C@@H](O)[C@H]1O. The van der Waals surface area contributed by atoms with Crippen molar-refractivity contribution in [3.05, 3.63) is 0 Å². The molecular formula is C20H36O12. The smallest absolute Gasteiger partial charge is 0.305 e. The van der Waals surface area contributed by atoms with Gasteiger partial charge in [0.1, 0.15) is 36.6 Å². The quantitative estimate of drug-likeness (QED) is 0.175. The van der Waals surface area contributed by atoms with E-state index in [9.17, 15) is 35.4 Å². The van der Waals surface area contributed by atoms with Crippen LogP contribution in [-0.4, -0.2) is 116 Å². The Bertz CT molecular complexity index is 591. The van der Waals surface area contributed by atoms with Crippen LogP contribution in [0.15, 0.2) is 0 Å². The number of rotatable bonds is 11. The van der Waals surface area contributed by atoms with Gasteiger partial charge in [0, 0.05) is 6.42 Å². The lowest BCUT2D eigenvalue weighted by molar-refractivity contribution is -0.324. The first-order valence-electron chi connectivity index (χ1n) is 10.8. The highest BCUT2D eigenvalue weighted by Crippen LogP contribution is 2.32. The molecule has 188 valence electrons. The normalized spacial score (nSPS) is 40.7. The van der Waals surface area contributed by atoms with Gasteiger partial charge >= 0.3 is 5.97 Å². The molecule has 0 bridgehead atoms. The summed E-state index contributed by atoms with van der Waals surface area (Å²) >= 11 is 0. The van der Waals surface area contributed by atoms with Gasteiger partial charge in [-0.2, -0.15) is 0 Å². The van der Waals surface area contributed by atoms with Crippen molar-refractivity contribution in [1.29, 1.82) is 0 Å². The number of carboxylic acid groups (broad SMARTS) is 1. The third kappa shape index (κ3) is 6.56. The van der Waals surface area contributed by atoms with Gasteiger partial charge < -0.3 is 54.7 Å². The number of aliphatic carboxylic acids is 1. The van der Waals surface area contributed by atoms with E-state index in [1.807, 2.05) is 13.8 Å². The lowest BCUT2D eigenvalue weighted by Crippen LogP contribution is -2.59. The predicted octanol–water partition coefficient (Wildman–Crippen LogP) is -2.07. The van der Waals surface area contributed by atoms with Crippen molar-refractivity contribution in [3.8, 4) is 0 Å². The van der Waals surface area contributed by atoms with Gasteiger partial charge in [-0.25, -0.2) is 0 Å². The van der Waals surface area contributed by atoms with E-state index < -0.39 is 86.5 Å². The maximum Gasteiger partial charge on any atom is 0.305 e. The van der Waals surface area contributed by atoms with Crippen molar-refractivity contribution in [2.24, 2.45) is 5.92 Å². The zero-order chi connectivity index (χ0) is 24.2. The van der Waals surface area contributed by atoms with Crippen molar-refractivity contribution >= 4 is 5.97 Å². The zero-order valence-electron chi connectivity index (χ0n) is 18.4. The number of aliphatic hydroxyl groups is 6. The monoisotopic (exact) mass is 468 g/mol. The molecule has 12 atom stereocenters. The minimum absolute atomic E-state index is 0.0156. The number of hydrogen-bond donors (Lipinski definition) is 7. The molecule has 0 radical (unpaired) electrons. The fourth-order valence-electron chi connectivity index (χ4n) is 3.80. The van der Waals surface area contributed by atoms with Crippen molar-refractivity contribution < 1.29 is 59.5 Å². The molecule has 12 nitrogen and oxygen atoms in total. The van der Waals surface area contributed by atoms with Crippen LogP contribution >= 0.6 is 0 Å². The molecule has 7 N–H and O–H groups in total. The van der Waals surface area contributed by atoms with Crippen LogP contribution in [0, 0.1) is 5.92 Å². The van der Waals surface area contributed by atoms with Gasteiger partial charge in [0.15, 0.2) is 12.6 Å².